The summed E-state index contributed by atoms with van der Waals surface area (Å²) < 4.78 is 0. The fraction of sp³-hybridized carbons (Fsp3) is 0.294. The Morgan fingerprint density at radius 3 is 2.91 bits per heavy atom. The second-order valence-electron chi connectivity index (χ2n) is 5.33. The van der Waals surface area contributed by atoms with Crippen molar-refractivity contribution in [2.45, 2.75) is 26.2 Å². The van der Waals surface area contributed by atoms with Crippen molar-refractivity contribution in [1.29, 1.82) is 0 Å². The quantitative estimate of drug-likeness (QED) is 0.935. The number of hydrogen-bond acceptors (Lipinski definition) is 3. The van der Waals surface area contributed by atoms with Crippen LogP contribution in [0.4, 0.5) is 11.4 Å². The van der Waals surface area contributed by atoms with E-state index < -0.39 is 0 Å². The molecule has 114 valence electrons. The van der Waals surface area contributed by atoms with Crippen LogP contribution in [0.15, 0.2) is 35.7 Å². The summed E-state index contributed by atoms with van der Waals surface area (Å²) in [7, 11) is 0. The number of amides is 2. The Morgan fingerprint density at radius 1 is 1.32 bits per heavy atom. The van der Waals surface area contributed by atoms with E-state index in [0.717, 1.165) is 34.7 Å². The lowest BCUT2D eigenvalue weighted by Crippen LogP contribution is -2.28. The van der Waals surface area contributed by atoms with Crippen molar-refractivity contribution in [1.82, 2.24) is 0 Å². The van der Waals surface area contributed by atoms with Gasteiger partial charge in [-0.05, 0) is 42.0 Å². The molecule has 2 heterocycles. The van der Waals surface area contributed by atoms with Crippen LogP contribution < -0.4 is 10.2 Å². The summed E-state index contributed by atoms with van der Waals surface area (Å²) in [5.74, 6) is 0.0439. The van der Waals surface area contributed by atoms with Crippen LogP contribution in [-0.2, 0) is 11.2 Å². The summed E-state index contributed by atoms with van der Waals surface area (Å²) in [5.41, 5.74) is 2.81. The number of thiophene rings is 1. The Kier molecular flexibility index (Phi) is 4.24. The highest BCUT2D eigenvalue weighted by molar-refractivity contribution is 7.12. The molecule has 5 heteroatoms. The molecule has 0 saturated carbocycles. The van der Waals surface area contributed by atoms with Gasteiger partial charge < -0.3 is 10.2 Å². The molecule has 2 amide bonds. The minimum absolute atomic E-state index is 0.0107. The zero-order valence-corrected chi connectivity index (χ0v) is 13.3. The normalized spacial score (nSPS) is 13.0. The van der Waals surface area contributed by atoms with Gasteiger partial charge in [-0.25, -0.2) is 0 Å². The fourth-order valence-corrected chi connectivity index (χ4v) is 3.32. The van der Waals surface area contributed by atoms with Gasteiger partial charge in [0, 0.05) is 24.3 Å². The Labute approximate surface area is 133 Å². The van der Waals surface area contributed by atoms with Crippen LogP contribution in [0.1, 0.15) is 35.0 Å². The molecule has 0 saturated heterocycles. The average molecular weight is 314 g/mol. The number of fused-ring (bicyclic) bond motifs is 1. The van der Waals surface area contributed by atoms with Gasteiger partial charge in [0.05, 0.1) is 4.88 Å². The summed E-state index contributed by atoms with van der Waals surface area (Å²) >= 11 is 1.45. The monoisotopic (exact) mass is 314 g/mol. The lowest BCUT2D eigenvalue weighted by Gasteiger charge is -2.17. The maximum absolute atomic E-state index is 12.6. The van der Waals surface area contributed by atoms with Gasteiger partial charge >= 0.3 is 0 Å². The van der Waals surface area contributed by atoms with E-state index in [-0.39, 0.29) is 11.8 Å². The van der Waals surface area contributed by atoms with Crippen LogP contribution in [0.3, 0.4) is 0 Å². The Balaban J connectivity index is 1.83. The first kappa shape index (κ1) is 14.8. The average Bonchev–Trinajstić information content (AvgIpc) is 3.16. The minimum Gasteiger partial charge on any atom is -0.326 e. The highest BCUT2D eigenvalue weighted by Gasteiger charge is 2.26. The number of rotatable bonds is 4. The molecule has 1 aromatic heterocycles. The van der Waals surface area contributed by atoms with Gasteiger partial charge in [0.1, 0.15) is 0 Å². The number of benzene rings is 1. The van der Waals surface area contributed by atoms with Gasteiger partial charge in [-0.3, -0.25) is 9.59 Å². The number of carbonyl (C=O) groups excluding carboxylic acids is 2. The molecule has 0 spiro atoms. The molecule has 0 radical (unpaired) electrons. The van der Waals surface area contributed by atoms with E-state index in [2.05, 4.69) is 5.32 Å². The number of carbonyl (C=O) groups is 2. The van der Waals surface area contributed by atoms with Crippen LogP contribution in [0.25, 0.3) is 0 Å². The van der Waals surface area contributed by atoms with E-state index in [1.54, 1.807) is 4.90 Å². The molecule has 0 fully saturated rings. The third-order valence-corrected chi connectivity index (χ3v) is 4.58. The molecule has 2 aromatic rings. The molecule has 0 unspecified atom stereocenters. The van der Waals surface area contributed by atoms with Crippen LogP contribution in [0.2, 0.25) is 0 Å². The fourth-order valence-electron chi connectivity index (χ4n) is 2.65. The van der Waals surface area contributed by atoms with E-state index in [1.807, 2.05) is 42.6 Å². The number of anilines is 2. The van der Waals surface area contributed by atoms with E-state index in [1.165, 1.54) is 11.3 Å². The third-order valence-electron chi connectivity index (χ3n) is 3.72. The van der Waals surface area contributed by atoms with Crippen molar-refractivity contribution < 1.29 is 9.59 Å². The largest absolute Gasteiger partial charge is 0.326 e. The Morgan fingerprint density at radius 2 is 2.18 bits per heavy atom. The minimum atomic E-state index is 0.0107. The van der Waals surface area contributed by atoms with Gasteiger partial charge in [-0.2, -0.15) is 0 Å². The molecule has 0 aliphatic carbocycles. The van der Waals surface area contributed by atoms with Crippen molar-refractivity contribution in [3.05, 3.63) is 46.2 Å². The van der Waals surface area contributed by atoms with Gasteiger partial charge in [0.25, 0.3) is 5.91 Å². The SMILES string of the molecule is CCCC(=O)Nc1ccc2c(c1)N(C(=O)c1cccs1)CC2. The van der Waals surface area contributed by atoms with Crippen LogP contribution in [0.5, 0.6) is 0 Å². The summed E-state index contributed by atoms with van der Waals surface area (Å²) in [4.78, 5) is 26.8. The van der Waals surface area contributed by atoms with E-state index >= 15 is 0 Å². The second-order valence-corrected chi connectivity index (χ2v) is 6.27. The molecule has 3 rings (SSSR count). The van der Waals surface area contributed by atoms with Crippen LogP contribution >= 0.6 is 11.3 Å². The molecular formula is C17H18N2O2S. The molecular weight excluding hydrogens is 296 g/mol. The van der Waals surface area contributed by atoms with E-state index in [9.17, 15) is 9.59 Å². The van der Waals surface area contributed by atoms with E-state index in [4.69, 9.17) is 0 Å². The van der Waals surface area contributed by atoms with Crippen LogP contribution in [0, 0.1) is 0 Å². The number of nitrogens with one attached hydrogen (secondary N) is 1. The highest BCUT2D eigenvalue weighted by Crippen LogP contribution is 2.32. The Hall–Kier alpha value is -2.14. The molecule has 1 aromatic carbocycles. The first-order valence-corrected chi connectivity index (χ1v) is 8.35. The summed E-state index contributed by atoms with van der Waals surface area (Å²) in [5, 5.41) is 4.80. The zero-order valence-electron chi connectivity index (χ0n) is 12.5. The molecule has 22 heavy (non-hydrogen) atoms. The number of nitrogens with zero attached hydrogens (tertiary/aromatic N) is 1. The van der Waals surface area contributed by atoms with Crippen LogP contribution in [-0.4, -0.2) is 18.4 Å². The molecule has 1 aliphatic rings. The van der Waals surface area contributed by atoms with Gasteiger partial charge in [0.15, 0.2) is 0 Å². The van der Waals surface area contributed by atoms with Crippen molar-refractivity contribution in [3.8, 4) is 0 Å². The highest BCUT2D eigenvalue weighted by atomic mass is 32.1. The molecule has 0 bridgehead atoms. The lowest BCUT2D eigenvalue weighted by molar-refractivity contribution is -0.116. The topological polar surface area (TPSA) is 49.4 Å². The van der Waals surface area contributed by atoms with Crippen molar-refractivity contribution in [2.75, 3.05) is 16.8 Å². The number of hydrogen-bond donors (Lipinski definition) is 1. The van der Waals surface area contributed by atoms with Gasteiger partial charge in [-0.15, -0.1) is 11.3 Å². The third kappa shape index (κ3) is 2.90. The summed E-state index contributed by atoms with van der Waals surface area (Å²) in [6, 6.07) is 9.54. The van der Waals surface area contributed by atoms with Gasteiger partial charge in [-0.1, -0.05) is 19.1 Å². The second kappa shape index (κ2) is 6.32. The summed E-state index contributed by atoms with van der Waals surface area (Å²) in [6.45, 7) is 2.67. The zero-order chi connectivity index (χ0) is 15.5. The molecule has 4 nitrogen and oxygen atoms in total. The maximum atomic E-state index is 12.6. The predicted molar refractivity (Wildman–Crippen MR) is 89.7 cm³/mol. The lowest BCUT2D eigenvalue weighted by atomic mass is 10.1. The molecule has 0 atom stereocenters. The maximum Gasteiger partial charge on any atom is 0.268 e. The van der Waals surface area contributed by atoms with Crippen molar-refractivity contribution in [3.63, 3.8) is 0 Å². The molecule has 1 N–H and O–H groups in total. The van der Waals surface area contributed by atoms with Gasteiger partial charge in [0.2, 0.25) is 5.91 Å². The van der Waals surface area contributed by atoms with E-state index in [0.29, 0.717) is 13.0 Å². The first-order valence-electron chi connectivity index (χ1n) is 7.47. The Bertz CT molecular complexity index is 695. The standard InChI is InChI=1S/C17H18N2O2S/c1-2-4-16(20)18-13-7-6-12-8-9-19(14(12)11-13)17(21)15-5-3-10-22-15/h3,5-7,10-11H,2,4,8-9H2,1H3,(H,18,20). The first-order chi connectivity index (χ1) is 10.7. The van der Waals surface area contributed by atoms with Crippen molar-refractivity contribution >= 4 is 34.5 Å². The van der Waals surface area contributed by atoms with Crippen molar-refractivity contribution in [2.24, 2.45) is 0 Å². The summed E-state index contributed by atoms with van der Waals surface area (Å²) in [6.07, 6.45) is 2.18. The predicted octanol–water partition coefficient (Wildman–Crippen LogP) is 3.69. The smallest absolute Gasteiger partial charge is 0.268 e. The molecule has 1 aliphatic heterocycles.